The number of aromatic nitrogens is 2. The maximum Gasteiger partial charge on any atom is 0.163 e. The van der Waals surface area contributed by atoms with Crippen LogP contribution in [0.25, 0.3) is 11.0 Å². The lowest BCUT2D eigenvalue weighted by Crippen LogP contribution is -2.25. The van der Waals surface area contributed by atoms with E-state index in [1.165, 1.54) is 6.92 Å². The van der Waals surface area contributed by atoms with E-state index in [-0.39, 0.29) is 30.9 Å². The van der Waals surface area contributed by atoms with E-state index in [1.807, 2.05) is 34.9 Å². The normalized spacial score (nSPS) is 17.1. The van der Waals surface area contributed by atoms with Gasteiger partial charge >= 0.3 is 0 Å². The number of carbonyl (C=O) groups is 1. The molecule has 7 heteroatoms. The van der Waals surface area contributed by atoms with Crippen molar-refractivity contribution in [3.63, 3.8) is 0 Å². The van der Waals surface area contributed by atoms with Crippen LogP contribution < -0.4 is 4.74 Å². The summed E-state index contributed by atoms with van der Waals surface area (Å²) in [5, 5.41) is 10.6. The maximum absolute atomic E-state index is 11.7. The SMILES string of the molecule is CC(=O)c1ccccc1OCC(O)Cn1c(C2CCCO2)nc2ccccc21.Cl. The molecular weight excluding hydrogens is 392 g/mol. The summed E-state index contributed by atoms with van der Waals surface area (Å²) in [5.41, 5.74) is 2.38. The Morgan fingerprint density at radius 2 is 2.03 bits per heavy atom. The molecule has 0 saturated carbocycles. The van der Waals surface area contributed by atoms with Crippen molar-refractivity contribution in [3.05, 3.63) is 59.9 Å². The molecule has 1 saturated heterocycles. The number of hydrogen-bond donors (Lipinski definition) is 1. The Labute approximate surface area is 175 Å². The first kappa shape index (κ1) is 21.3. The summed E-state index contributed by atoms with van der Waals surface area (Å²) >= 11 is 0. The topological polar surface area (TPSA) is 73.6 Å². The van der Waals surface area contributed by atoms with Crippen LogP contribution in [-0.4, -0.2) is 39.8 Å². The molecule has 1 fully saturated rings. The zero-order valence-electron chi connectivity index (χ0n) is 16.3. The summed E-state index contributed by atoms with van der Waals surface area (Å²) < 4.78 is 13.6. The van der Waals surface area contributed by atoms with Crippen LogP contribution in [0.15, 0.2) is 48.5 Å². The molecule has 3 aromatic rings. The van der Waals surface area contributed by atoms with E-state index >= 15 is 0 Å². The van der Waals surface area contributed by atoms with Gasteiger partial charge in [0.15, 0.2) is 5.78 Å². The van der Waals surface area contributed by atoms with E-state index in [0.717, 1.165) is 36.3 Å². The van der Waals surface area contributed by atoms with Crippen LogP contribution in [0.1, 0.15) is 42.1 Å². The number of ketones is 1. The summed E-state index contributed by atoms with van der Waals surface area (Å²) in [7, 11) is 0. The summed E-state index contributed by atoms with van der Waals surface area (Å²) in [6, 6.07) is 15.0. The Bertz CT molecular complexity index is 982. The van der Waals surface area contributed by atoms with E-state index in [9.17, 15) is 9.90 Å². The lowest BCUT2D eigenvalue weighted by molar-refractivity contribution is 0.0796. The number of para-hydroxylation sites is 3. The Morgan fingerprint density at radius 1 is 1.28 bits per heavy atom. The van der Waals surface area contributed by atoms with Crippen molar-refractivity contribution in [2.45, 2.75) is 38.5 Å². The Kier molecular flexibility index (Phi) is 6.90. The van der Waals surface area contributed by atoms with Gasteiger partial charge in [0.1, 0.15) is 30.4 Å². The van der Waals surface area contributed by atoms with E-state index in [1.54, 1.807) is 18.2 Å². The number of halogens is 1. The van der Waals surface area contributed by atoms with Crippen LogP contribution in [0, 0.1) is 0 Å². The van der Waals surface area contributed by atoms with Gasteiger partial charge in [0.2, 0.25) is 0 Å². The van der Waals surface area contributed by atoms with Gasteiger partial charge in [-0.3, -0.25) is 4.79 Å². The number of aliphatic hydroxyl groups is 1. The quantitative estimate of drug-likeness (QED) is 0.590. The molecule has 29 heavy (non-hydrogen) atoms. The van der Waals surface area contributed by atoms with Crippen molar-refractivity contribution < 1.29 is 19.4 Å². The fraction of sp³-hybridized carbons (Fsp3) is 0.364. The highest BCUT2D eigenvalue weighted by atomic mass is 35.5. The van der Waals surface area contributed by atoms with E-state index in [4.69, 9.17) is 14.5 Å². The number of hydrogen-bond acceptors (Lipinski definition) is 5. The number of Topliss-reactive ketones (excluding diaryl/α,β-unsaturated/α-hetero) is 1. The first-order chi connectivity index (χ1) is 13.6. The van der Waals surface area contributed by atoms with Gasteiger partial charge in [-0.2, -0.15) is 0 Å². The summed E-state index contributed by atoms with van der Waals surface area (Å²) in [5.74, 6) is 1.28. The van der Waals surface area contributed by atoms with Crippen LogP contribution in [0.5, 0.6) is 5.75 Å². The molecule has 1 aliphatic heterocycles. The molecular formula is C22H25ClN2O4. The first-order valence-electron chi connectivity index (χ1n) is 9.61. The van der Waals surface area contributed by atoms with Crippen molar-refractivity contribution in [2.24, 2.45) is 0 Å². The van der Waals surface area contributed by atoms with Crippen molar-refractivity contribution in [1.82, 2.24) is 9.55 Å². The molecule has 0 radical (unpaired) electrons. The molecule has 4 rings (SSSR count). The Hall–Kier alpha value is -2.41. The van der Waals surface area contributed by atoms with Crippen molar-refractivity contribution >= 4 is 29.2 Å². The van der Waals surface area contributed by atoms with E-state index < -0.39 is 6.10 Å². The standard InChI is InChI=1S/C22H24N2O4.ClH/c1-15(25)17-7-2-5-10-20(17)28-14-16(26)13-24-19-9-4-3-8-18(19)23-22(24)21-11-6-12-27-21;/h2-5,7-10,16,21,26H,6,11-14H2,1H3;1H. The van der Waals surface area contributed by atoms with Gasteiger partial charge in [0.25, 0.3) is 0 Å². The summed E-state index contributed by atoms with van der Waals surface area (Å²) in [4.78, 5) is 16.5. The third-order valence-corrected chi connectivity index (χ3v) is 4.99. The zero-order valence-corrected chi connectivity index (χ0v) is 17.1. The van der Waals surface area contributed by atoms with Crippen molar-refractivity contribution in [2.75, 3.05) is 13.2 Å². The number of nitrogens with zero attached hydrogens (tertiary/aromatic N) is 2. The second-order valence-electron chi connectivity index (χ2n) is 7.09. The number of imidazole rings is 1. The Morgan fingerprint density at radius 3 is 2.79 bits per heavy atom. The molecule has 6 nitrogen and oxygen atoms in total. The fourth-order valence-electron chi connectivity index (χ4n) is 3.65. The average Bonchev–Trinajstić information content (AvgIpc) is 3.35. The van der Waals surface area contributed by atoms with Crippen LogP contribution in [0.3, 0.4) is 0 Å². The van der Waals surface area contributed by atoms with E-state index in [0.29, 0.717) is 17.9 Å². The first-order valence-corrected chi connectivity index (χ1v) is 9.61. The molecule has 2 unspecified atom stereocenters. The van der Waals surface area contributed by atoms with Crippen molar-refractivity contribution in [3.8, 4) is 5.75 Å². The van der Waals surface area contributed by atoms with Gasteiger partial charge < -0.3 is 19.1 Å². The lowest BCUT2D eigenvalue weighted by atomic mass is 10.1. The predicted octanol–water partition coefficient (Wildman–Crippen LogP) is 3.95. The molecule has 1 aliphatic rings. The van der Waals surface area contributed by atoms with Gasteiger partial charge in [-0.1, -0.05) is 24.3 Å². The molecule has 154 valence electrons. The second kappa shape index (κ2) is 9.39. The highest BCUT2D eigenvalue weighted by Crippen LogP contribution is 2.30. The largest absolute Gasteiger partial charge is 0.490 e. The van der Waals surface area contributed by atoms with Gasteiger partial charge in [-0.05, 0) is 44.0 Å². The van der Waals surface area contributed by atoms with Gasteiger partial charge in [-0.15, -0.1) is 12.4 Å². The van der Waals surface area contributed by atoms with Crippen LogP contribution in [-0.2, 0) is 11.3 Å². The molecule has 1 aromatic heterocycles. The molecule has 2 aromatic carbocycles. The zero-order chi connectivity index (χ0) is 19.5. The monoisotopic (exact) mass is 416 g/mol. The Balaban J connectivity index is 0.00000240. The molecule has 0 aliphatic carbocycles. The molecule has 2 heterocycles. The summed E-state index contributed by atoms with van der Waals surface area (Å²) in [6.45, 7) is 2.67. The minimum absolute atomic E-state index is 0. The third kappa shape index (κ3) is 4.61. The number of ether oxygens (including phenoxy) is 2. The maximum atomic E-state index is 11.7. The number of benzene rings is 2. The minimum Gasteiger partial charge on any atom is -0.490 e. The van der Waals surface area contributed by atoms with Crippen LogP contribution in [0.2, 0.25) is 0 Å². The smallest absolute Gasteiger partial charge is 0.163 e. The summed E-state index contributed by atoms with van der Waals surface area (Å²) in [6.07, 6.45) is 1.15. The van der Waals surface area contributed by atoms with E-state index in [2.05, 4.69) is 0 Å². The minimum atomic E-state index is -0.752. The number of fused-ring (bicyclic) bond motifs is 1. The van der Waals surface area contributed by atoms with Gasteiger partial charge in [0.05, 0.1) is 23.1 Å². The van der Waals surface area contributed by atoms with Crippen LogP contribution >= 0.6 is 12.4 Å². The predicted molar refractivity (Wildman–Crippen MR) is 113 cm³/mol. The molecule has 0 spiro atoms. The molecule has 0 bridgehead atoms. The molecule has 1 N–H and O–H groups in total. The van der Waals surface area contributed by atoms with Gasteiger partial charge in [0, 0.05) is 6.61 Å². The fourth-order valence-corrected chi connectivity index (χ4v) is 3.65. The number of aliphatic hydroxyl groups excluding tert-OH is 1. The van der Waals surface area contributed by atoms with Crippen LogP contribution in [0.4, 0.5) is 0 Å². The highest BCUT2D eigenvalue weighted by Gasteiger charge is 2.25. The second-order valence-corrected chi connectivity index (χ2v) is 7.09. The third-order valence-electron chi connectivity index (χ3n) is 4.99. The molecule has 2 atom stereocenters. The highest BCUT2D eigenvalue weighted by molar-refractivity contribution is 5.96. The number of carbonyl (C=O) groups excluding carboxylic acids is 1. The molecule has 0 amide bonds. The van der Waals surface area contributed by atoms with Gasteiger partial charge in [-0.25, -0.2) is 4.98 Å². The average molecular weight is 417 g/mol. The van der Waals surface area contributed by atoms with Crippen molar-refractivity contribution in [1.29, 1.82) is 0 Å². The number of rotatable bonds is 7. The lowest BCUT2D eigenvalue weighted by Gasteiger charge is -2.18.